The van der Waals surface area contributed by atoms with Crippen LogP contribution < -0.4 is 5.32 Å². The monoisotopic (exact) mass is 298 g/mol. The smallest absolute Gasteiger partial charge is 0.160 e. The van der Waals surface area contributed by atoms with Crippen molar-refractivity contribution in [2.75, 3.05) is 6.54 Å². The molecule has 0 radical (unpaired) electrons. The molecule has 4 rings (SSSR count). The van der Waals surface area contributed by atoms with Gasteiger partial charge >= 0.3 is 0 Å². The van der Waals surface area contributed by atoms with E-state index >= 15 is 0 Å². The maximum Gasteiger partial charge on any atom is 0.160 e. The largest absolute Gasteiger partial charge is 0.312 e. The van der Waals surface area contributed by atoms with E-state index in [1.54, 1.807) is 11.3 Å². The first-order valence-corrected chi connectivity index (χ1v) is 8.38. The van der Waals surface area contributed by atoms with E-state index in [9.17, 15) is 0 Å². The number of rotatable bonds is 3. The summed E-state index contributed by atoms with van der Waals surface area (Å²) in [7, 11) is 0. The van der Waals surface area contributed by atoms with Gasteiger partial charge in [-0.25, -0.2) is 9.97 Å². The lowest BCUT2D eigenvalue weighted by atomic mass is 10.1. The van der Waals surface area contributed by atoms with E-state index in [0.29, 0.717) is 6.04 Å². The van der Waals surface area contributed by atoms with Crippen molar-refractivity contribution in [3.63, 3.8) is 0 Å². The molecule has 0 saturated carbocycles. The SMILES string of the molecule is c1csc(-c2nc3cccnc3n2CC2CCCCN2)c1. The van der Waals surface area contributed by atoms with Gasteiger partial charge in [-0.3, -0.25) is 0 Å². The number of hydrogen-bond donors (Lipinski definition) is 1. The number of piperidine rings is 1. The number of imidazole rings is 1. The first-order chi connectivity index (χ1) is 10.4. The first-order valence-electron chi connectivity index (χ1n) is 7.50. The summed E-state index contributed by atoms with van der Waals surface area (Å²) in [6.07, 6.45) is 5.69. The van der Waals surface area contributed by atoms with Crippen LogP contribution in [0.4, 0.5) is 0 Å². The molecule has 1 aliphatic heterocycles. The van der Waals surface area contributed by atoms with Gasteiger partial charge in [-0.05, 0) is 43.0 Å². The van der Waals surface area contributed by atoms with Crippen molar-refractivity contribution in [1.82, 2.24) is 19.9 Å². The number of hydrogen-bond acceptors (Lipinski definition) is 4. The van der Waals surface area contributed by atoms with Crippen LogP contribution in [0, 0.1) is 0 Å². The van der Waals surface area contributed by atoms with E-state index < -0.39 is 0 Å². The summed E-state index contributed by atoms with van der Waals surface area (Å²) in [6.45, 7) is 2.07. The van der Waals surface area contributed by atoms with Crippen LogP contribution in [0.15, 0.2) is 35.8 Å². The van der Waals surface area contributed by atoms with Crippen molar-refractivity contribution in [1.29, 1.82) is 0 Å². The second-order valence-corrected chi connectivity index (χ2v) is 6.46. The average molecular weight is 298 g/mol. The number of fused-ring (bicyclic) bond motifs is 1. The van der Waals surface area contributed by atoms with Gasteiger partial charge in [-0.15, -0.1) is 11.3 Å². The highest BCUT2D eigenvalue weighted by Crippen LogP contribution is 2.28. The number of aromatic nitrogens is 3. The van der Waals surface area contributed by atoms with Crippen LogP contribution in [-0.4, -0.2) is 27.1 Å². The Morgan fingerprint density at radius 1 is 1.29 bits per heavy atom. The van der Waals surface area contributed by atoms with Crippen LogP contribution in [0.25, 0.3) is 21.9 Å². The highest BCUT2D eigenvalue weighted by Gasteiger charge is 2.19. The minimum absolute atomic E-state index is 0.525. The molecule has 0 bridgehead atoms. The molecule has 5 heteroatoms. The molecule has 21 heavy (non-hydrogen) atoms. The molecule has 4 heterocycles. The zero-order valence-electron chi connectivity index (χ0n) is 11.8. The average Bonchev–Trinajstić information content (AvgIpc) is 3.16. The normalized spacial score (nSPS) is 19.1. The maximum atomic E-state index is 4.80. The van der Waals surface area contributed by atoms with Gasteiger partial charge in [0, 0.05) is 18.8 Å². The van der Waals surface area contributed by atoms with Gasteiger partial charge in [-0.1, -0.05) is 12.5 Å². The predicted octanol–water partition coefficient (Wildman–Crippen LogP) is 3.30. The molecule has 108 valence electrons. The molecule has 4 nitrogen and oxygen atoms in total. The van der Waals surface area contributed by atoms with Crippen LogP contribution in [0.2, 0.25) is 0 Å². The van der Waals surface area contributed by atoms with Crippen molar-refractivity contribution in [2.24, 2.45) is 0 Å². The molecule has 0 spiro atoms. The summed E-state index contributed by atoms with van der Waals surface area (Å²) >= 11 is 1.74. The van der Waals surface area contributed by atoms with Gasteiger partial charge in [0.25, 0.3) is 0 Å². The van der Waals surface area contributed by atoms with Gasteiger partial charge < -0.3 is 9.88 Å². The summed E-state index contributed by atoms with van der Waals surface area (Å²) in [5.74, 6) is 1.05. The highest BCUT2D eigenvalue weighted by atomic mass is 32.1. The molecular weight excluding hydrogens is 280 g/mol. The topological polar surface area (TPSA) is 42.7 Å². The fourth-order valence-electron chi connectivity index (χ4n) is 3.03. The lowest BCUT2D eigenvalue weighted by molar-refractivity contribution is 0.366. The third-order valence-corrected chi connectivity index (χ3v) is 4.93. The van der Waals surface area contributed by atoms with Crippen molar-refractivity contribution in [3.05, 3.63) is 35.8 Å². The molecule has 3 aromatic rings. The Labute approximate surface area is 127 Å². The molecule has 1 atom stereocenters. The van der Waals surface area contributed by atoms with E-state index in [2.05, 4.69) is 32.4 Å². The van der Waals surface area contributed by atoms with E-state index in [4.69, 9.17) is 4.98 Å². The third kappa shape index (κ3) is 2.47. The van der Waals surface area contributed by atoms with Gasteiger partial charge in [0.05, 0.1) is 4.88 Å². The standard InChI is InChI=1S/C16H18N4S/c1-2-8-17-12(5-1)11-20-15-13(6-3-9-18-15)19-16(20)14-7-4-10-21-14/h3-4,6-7,9-10,12,17H,1-2,5,8,11H2. The second-order valence-electron chi connectivity index (χ2n) is 5.52. The number of nitrogens with zero attached hydrogens (tertiary/aromatic N) is 3. The van der Waals surface area contributed by atoms with E-state index in [1.807, 2.05) is 18.3 Å². The Bertz CT molecular complexity index is 726. The van der Waals surface area contributed by atoms with Crippen LogP contribution in [-0.2, 0) is 6.54 Å². The maximum absolute atomic E-state index is 4.80. The van der Waals surface area contributed by atoms with E-state index in [0.717, 1.165) is 30.1 Å². The Morgan fingerprint density at radius 2 is 2.29 bits per heavy atom. The van der Waals surface area contributed by atoms with Crippen molar-refractivity contribution in [2.45, 2.75) is 31.8 Å². The molecule has 0 aromatic carbocycles. The molecule has 3 aromatic heterocycles. The molecule has 1 unspecified atom stereocenters. The molecular formula is C16H18N4S. The van der Waals surface area contributed by atoms with Gasteiger partial charge in [-0.2, -0.15) is 0 Å². The van der Waals surface area contributed by atoms with Crippen LogP contribution >= 0.6 is 11.3 Å². The van der Waals surface area contributed by atoms with Crippen molar-refractivity contribution >= 4 is 22.5 Å². The summed E-state index contributed by atoms with van der Waals surface area (Å²) in [4.78, 5) is 10.6. The summed E-state index contributed by atoms with van der Waals surface area (Å²) < 4.78 is 2.28. The first kappa shape index (κ1) is 13.0. The summed E-state index contributed by atoms with van der Waals surface area (Å²) in [5.41, 5.74) is 1.98. The Hall–Kier alpha value is -1.72. The molecule has 1 fully saturated rings. The van der Waals surface area contributed by atoms with Crippen molar-refractivity contribution in [3.8, 4) is 10.7 Å². The zero-order chi connectivity index (χ0) is 14.1. The molecule has 1 aliphatic rings. The number of nitrogens with one attached hydrogen (secondary N) is 1. The molecule has 0 aliphatic carbocycles. The van der Waals surface area contributed by atoms with Crippen LogP contribution in [0.3, 0.4) is 0 Å². The third-order valence-electron chi connectivity index (χ3n) is 4.06. The van der Waals surface area contributed by atoms with E-state index in [-0.39, 0.29) is 0 Å². The lowest BCUT2D eigenvalue weighted by Gasteiger charge is -2.24. The van der Waals surface area contributed by atoms with Crippen LogP contribution in [0.1, 0.15) is 19.3 Å². The highest BCUT2D eigenvalue weighted by molar-refractivity contribution is 7.13. The van der Waals surface area contributed by atoms with E-state index in [1.165, 1.54) is 24.1 Å². The van der Waals surface area contributed by atoms with Gasteiger partial charge in [0.1, 0.15) is 5.52 Å². The fraction of sp³-hybridized carbons (Fsp3) is 0.375. The quantitative estimate of drug-likeness (QED) is 0.807. The Kier molecular flexibility index (Phi) is 3.45. The van der Waals surface area contributed by atoms with Crippen molar-refractivity contribution < 1.29 is 0 Å². The fourth-order valence-corrected chi connectivity index (χ4v) is 3.75. The lowest BCUT2D eigenvalue weighted by Crippen LogP contribution is -2.37. The second kappa shape index (κ2) is 5.58. The zero-order valence-corrected chi connectivity index (χ0v) is 12.6. The minimum atomic E-state index is 0.525. The number of pyridine rings is 1. The summed E-state index contributed by atoms with van der Waals surface area (Å²) in [6, 6.07) is 8.74. The molecule has 1 N–H and O–H groups in total. The molecule has 1 saturated heterocycles. The van der Waals surface area contributed by atoms with Crippen LogP contribution in [0.5, 0.6) is 0 Å². The minimum Gasteiger partial charge on any atom is -0.312 e. The Balaban J connectivity index is 1.78. The predicted molar refractivity (Wildman–Crippen MR) is 86.5 cm³/mol. The van der Waals surface area contributed by atoms with Gasteiger partial charge in [0.2, 0.25) is 0 Å². The van der Waals surface area contributed by atoms with Gasteiger partial charge in [0.15, 0.2) is 11.5 Å². The summed E-state index contributed by atoms with van der Waals surface area (Å²) in [5, 5.41) is 5.72. The molecule has 0 amide bonds. The number of thiophene rings is 1. The Morgan fingerprint density at radius 3 is 3.10 bits per heavy atom.